The first kappa shape index (κ1) is 20.5. The Bertz CT molecular complexity index is 1020. The van der Waals surface area contributed by atoms with Crippen molar-refractivity contribution in [3.05, 3.63) is 64.2 Å². The summed E-state index contributed by atoms with van der Waals surface area (Å²) in [6, 6.07) is 14.4. The van der Waals surface area contributed by atoms with Gasteiger partial charge in [0.1, 0.15) is 12.6 Å². The van der Waals surface area contributed by atoms with E-state index < -0.39 is 8.07 Å². The summed E-state index contributed by atoms with van der Waals surface area (Å²) in [6.07, 6.45) is 0. The van der Waals surface area contributed by atoms with Crippen molar-refractivity contribution >= 4 is 19.0 Å². The Kier molecular flexibility index (Phi) is 6.13. The third kappa shape index (κ3) is 4.58. The van der Waals surface area contributed by atoms with Crippen LogP contribution in [0.25, 0.3) is 22.0 Å². The van der Waals surface area contributed by atoms with Gasteiger partial charge in [0, 0.05) is 14.7 Å². The molecule has 28 heavy (non-hydrogen) atoms. The van der Waals surface area contributed by atoms with Gasteiger partial charge in [-0.05, 0) is 35.7 Å². The summed E-state index contributed by atoms with van der Waals surface area (Å²) in [5.41, 5.74) is 3.21. The summed E-state index contributed by atoms with van der Waals surface area (Å²) in [5, 5.41) is 9.86. The largest absolute Gasteiger partial charge is 0.392 e. The molecule has 0 fully saturated rings. The molecule has 3 rings (SSSR count). The van der Waals surface area contributed by atoms with Crippen LogP contribution >= 0.6 is 0 Å². The van der Waals surface area contributed by atoms with Crippen molar-refractivity contribution in [3.63, 3.8) is 0 Å². The van der Waals surface area contributed by atoms with Crippen molar-refractivity contribution in [2.45, 2.75) is 45.9 Å². The molecule has 148 valence electrons. The Labute approximate surface area is 166 Å². The van der Waals surface area contributed by atoms with E-state index in [4.69, 9.17) is 4.74 Å². The monoisotopic (exact) mass is 396 g/mol. The van der Waals surface area contributed by atoms with E-state index in [2.05, 4.69) is 24.6 Å². The zero-order chi connectivity index (χ0) is 20.3. The van der Waals surface area contributed by atoms with Crippen molar-refractivity contribution in [2.24, 2.45) is 0 Å². The molecule has 5 nitrogen and oxygen atoms in total. The molecule has 3 aromatic rings. The molecular formula is C22H28N2O3Si. The zero-order valence-electron chi connectivity index (χ0n) is 17.0. The van der Waals surface area contributed by atoms with Gasteiger partial charge in [0.25, 0.3) is 5.56 Å². The van der Waals surface area contributed by atoms with Crippen LogP contribution in [0.3, 0.4) is 0 Å². The highest BCUT2D eigenvalue weighted by atomic mass is 28.3. The molecule has 0 radical (unpaired) electrons. The van der Waals surface area contributed by atoms with E-state index in [1.54, 1.807) is 4.57 Å². The van der Waals surface area contributed by atoms with E-state index >= 15 is 0 Å². The molecule has 0 saturated heterocycles. The van der Waals surface area contributed by atoms with Crippen LogP contribution in [0.2, 0.25) is 25.7 Å². The summed E-state index contributed by atoms with van der Waals surface area (Å²) < 4.78 is 7.42. The van der Waals surface area contributed by atoms with Gasteiger partial charge >= 0.3 is 0 Å². The van der Waals surface area contributed by atoms with Gasteiger partial charge in [-0.2, -0.15) is 0 Å². The second-order valence-electron chi connectivity index (χ2n) is 8.29. The molecule has 0 spiro atoms. The fourth-order valence-electron chi connectivity index (χ4n) is 3.09. The van der Waals surface area contributed by atoms with Crippen LogP contribution < -0.4 is 5.56 Å². The van der Waals surface area contributed by atoms with E-state index in [0.717, 1.165) is 22.7 Å². The number of ether oxygens (including phenoxy) is 1. The van der Waals surface area contributed by atoms with Gasteiger partial charge in [0.2, 0.25) is 0 Å². The number of rotatable bonds is 7. The van der Waals surface area contributed by atoms with Gasteiger partial charge in [0.15, 0.2) is 0 Å². The molecule has 6 heteroatoms. The van der Waals surface area contributed by atoms with E-state index in [9.17, 15) is 9.90 Å². The van der Waals surface area contributed by atoms with Crippen molar-refractivity contribution in [3.8, 4) is 11.1 Å². The highest BCUT2D eigenvalue weighted by molar-refractivity contribution is 6.76. The summed E-state index contributed by atoms with van der Waals surface area (Å²) >= 11 is 0. The van der Waals surface area contributed by atoms with E-state index in [-0.39, 0.29) is 18.9 Å². The Morgan fingerprint density at radius 1 is 1.11 bits per heavy atom. The Morgan fingerprint density at radius 3 is 2.46 bits per heavy atom. The van der Waals surface area contributed by atoms with Crippen LogP contribution in [-0.2, 0) is 18.1 Å². The lowest BCUT2D eigenvalue weighted by molar-refractivity contribution is 0.0829. The molecule has 1 heterocycles. The molecular weight excluding hydrogens is 368 g/mol. The third-order valence-corrected chi connectivity index (χ3v) is 6.54. The maximum atomic E-state index is 13.3. The van der Waals surface area contributed by atoms with Crippen LogP contribution in [0, 0.1) is 6.92 Å². The first-order valence-electron chi connectivity index (χ1n) is 9.58. The zero-order valence-corrected chi connectivity index (χ0v) is 18.0. The minimum Gasteiger partial charge on any atom is -0.392 e. The van der Waals surface area contributed by atoms with Gasteiger partial charge in [0.05, 0.1) is 17.5 Å². The average Bonchev–Trinajstić information content (AvgIpc) is 2.66. The number of benzene rings is 2. The normalized spacial score (nSPS) is 11.9. The summed E-state index contributed by atoms with van der Waals surface area (Å²) in [6.45, 7) is 9.63. The average molecular weight is 397 g/mol. The van der Waals surface area contributed by atoms with Gasteiger partial charge in [-0.3, -0.25) is 9.36 Å². The third-order valence-electron chi connectivity index (χ3n) is 4.84. The Morgan fingerprint density at radius 2 is 1.82 bits per heavy atom. The maximum absolute atomic E-state index is 13.3. The van der Waals surface area contributed by atoms with Crippen LogP contribution in [0.4, 0.5) is 0 Å². The van der Waals surface area contributed by atoms with Crippen molar-refractivity contribution in [1.29, 1.82) is 0 Å². The maximum Gasteiger partial charge on any atom is 0.263 e. The van der Waals surface area contributed by atoms with E-state index in [1.165, 1.54) is 0 Å². The Balaban J connectivity index is 1.99. The minimum atomic E-state index is -1.17. The molecule has 1 aromatic heterocycles. The van der Waals surface area contributed by atoms with Crippen LogP contribution in [0.15, 0.2) is 47.3 Å². The van der Waals surface area contributed by atoms with Crippen LogP contribution in [-0.4, -0.2) is 29.3 Å². The number of hydrogen-bond acceptors (Lipinski definition) is 4. The molecule has 0 aliphatic rings. The quantitative estimate of drug-likeness (QED) is 0.481. The predicted octanol–water partition coefficient (Wildman–Crippen LogP) is 4.18. The van der Waals surface area contributed by atoms with E-state index in [0.29, 0.717) is 23.3 Å². The first-order valence-corrected chi connectivity index (χ1v) is 13.3. The number of aliphatic hydroxyl groups is 1. The molecule has 0 saturated carbocycles. The fraction of sp³-hybridized carbons (Fsp3) is 0.364. The summed E-state index contributed by atoms with van der Waals surface area (Å²) in [5.74, 6) is 0.651. The van der Waals surface area contributed by atoms with Crippen LogP contribution in [0.5, 0.6) is 0 Å². The highest BCUT2D eigenvalue weighted by Crippen LogP contribution is 2.26. The molecule has 1 N–H and O–H groups in total. The second-order valence-corrected chi connectivity index (χ2v) is 13.9. The number of fused-ring (bicyclic) bond motifs is 1. The lowest BCUT2D eigenvalue weighted by atomic mass is 10.00. The van der Waals surface area contributed by atoms with Crippen molar-refractivity contribution in [1.82, 2.24) is 9.55 Å². The molecule has 2 aromatic carbocycles. The first-order chi connectivity index (χ1) is 13.3. The molecule has 0 bridgehead atoms. The number of hydrogen-bond donors (Lipinski definition) is 1. The van der Waals surface area contributed by atoms with Gasteiger partial charge in [-0.15, -0.1) is 0 Å². The minimum absolute atomic E-state index is 0.00185. The second kappa shape index (κ2) is 8.39. The molecule has 0 unspecified atom stereocenters. The number of aromatic nitrogens is 2. The van der Waals surface area contributed by atoms with Gasteiger partial charge < -0.3 is 9.84 Å². The predicted molar refractivity (Wildman–Crippen MR) is 116 cm³/mol. The molecule has 0 aliphatic heterocycles. The number of nitrogens with zero attached hydrogens (tertiary/aromatic N) is 2. The van der Waals surface area contributed by atoms with E-state index in [1.807, 2.05) is 49.4 Å². The van der Waals surface area contributed by atoms with Crippen molar-refractivity contribution < 1.29 is 9.84 Å². The summed E-state index contributed by atoms with van der Waals surface area (Å²) in [4.78, 5) is 17.9. The highest BCUT2D eigenvalue weighted by Gasteiger charge is 2.15. The fourth-order valence-corrected chi connectivity index (χ4v) is 3.85. The molecule has 0 atom stereocenters. The smallest absolute Gasteiger partial charge is 0.263 e. The van der Waals surface area contributed by atoms with Crippen LogP contribution in [0.1, 0.15) is 11.4 Å². The number of aliphatic hydroxyl groups excluding tert-OH is 1. The SMILES string of the molecule is Cc1nc2cccc(-c3ccc(CO)cc3)c2c(=O)n1COCC[Si](C)(C)C. The lowest BCUT2D eigenvalue weighted by Gasteiger charge is -2.17. The summed E-state index contributed by atoms with van der Waals surface area (Å²) in [7, 11) is -1.17. The van der Waals surface area contributed by atoms with Crippen molar-refractivity contribution in [2.75, 3.05) is 6.61 Å². The number of aryl methyl sites for hydroxylation is 1. The Hall–Kier alpha value is -2.28. The van der Waals surface area contributed by atoms with Gasteiger partial charge in [-0.1, -0.05) is 56.0 Å². The molecule has 0 aliphatic carbocycles. The van der Waals surface area contributed by atoms with Gasteiger partial charge in [-0.25, -0.2) is 4.98 Å². The topological polar surface area (TPSA) is 64.4 Å². The standard InChI is InChI=1S/C22H28N2O3Si/c1-16-23-20-7-5-6-19(18-10-8-17(14-25)9-11-18)21(20)22(26)24(16)15-27-12-13-28(2,3)4/h5-11,25H,12-15H2,1-4H3. The molecule has 0 amide bonds. The lowest BCUT2D eigenvalue weighted by Crippen LogP contribution is -2.27.